The van der Waals surface area contributed by atoms with Gasteiger partial charge in [-0.25, -0.2) is 0 Å². The van der Waals surface area contributed by atoms with Crippen LogP contribution in [0.2, 0.25) is 0 Å². The molecule has 1 rings (SSSR count). The van der Waals surface area contributed by atoms with Gasteiger partial charge in [-0.1, -0.05) is 0 Å². The summed E-state index contributed by atoms with van der Waals surface area (Å²) in [7, 11) is 1.45. The van der Waals surface area contributed by atoms with Gasteiger partial charge in [0.15, 0.2) is 6.29 Å². The van der Waals surface area contributed by atoms with E-state index in [0.717, 1.165) is 0 Å². The van der Waals surface area contributed by atoms with Gasteiger partial charge in [0.05, 0.1) is 59.5 Å². The molecule has 0 aromatic carbocycles. The number of aliphatic hydroxyl groups is 4. The first-order valence-corrected chi connectivity index (χ1v) is 8.27. The SMILES string of the molecule is CO[C@@H]1O[C@H](COCCO)[C@@H](OCCO)[C@H](OCCO)[C@H]1OCCO. The van der Waals surface area contributed by atoms with E-state index in [1.165, 1.54) is 7.11 Å². The Balaban J connectivity index is 2.93. The van der Waals surface area contributed by atoms with Gasteiger partial charge in [0.2, 0.25) is 0 Å². The van der Waals surface area contributed by atoms with Crippen molar-refractivity contribution in [3.63, 3.8) is 0 Å². The summed E-state index contributed by atoms with van der Waals surface area (Å²) < 4.78 is 33.4. The summed E-state index contributed by atoms with van der Waals surface area (Å²) in [5.74, 6) is 0. The summed E-state index contributed by atoms with van der Waals surface area (Å²) >= 11 is 0. The molecule has 25 heavy (non-hydrogen) atoms. The van der Waals surface area contributed by atoms with E-state index in [0.29, 0.717) is 0 Å². The number of hydrogen-bond donors (Lipinski definition) is 4. The van der Waals surface area contributed by atoms with E-state index in [-0.39, 0.29) is 59.5 Å². The molecule has 0 saturated carbocycles. The third-order valence-electron chi connectivity index (χ3n) is 3.55. The van der Waals surface area contributed by atoms with Gasteiger partial charge >= 0.3 is 0 Å². The van der Waals surface area contributed by atoms with Crippen molar-refractivity contribution in [1.29, 1.82) is 0 Å². The van der Waals surface area contributed by atoms with Crippen LogP contribution >= 0.6 is 0 Å². The summed E-state index contributed by atoms with van der Waals surface area (Å²) in [4.78, 5) is 0. The Hall–Kier alpha value is -0.400. The van der Waals surface area contributed by atoms with Crippen LogP contribution < -0.4 is 0 Å². The van der Waals surface area contributed by atoms with Crippen LogP contribution in [0.15, 0.2) is 0 Å². The van der Waals surface area contributed by atoms with Gasteiger partial charge in [0.25, 0.3) is 0 Å². The average Bonchev–Trinajstić information content (AvgIpc) is 2.63. The zero-order chi connectivity index (χ0) is 18.5. The summed E-state index contributed by atoms with van der Waals surface area (Å²) in [5.41, 5.74) is 0. The standard InChI is InChI=1S/C15H30O10/c1-20-15-14(24-9-5-19)13(23-8-4-18)12(22-7-3-17)11(25-15)10-21-6-2-16/h11-19H,2-10H2,1H3/t11-,12-,13+,14-,15-/m1/s1. The summed E-state index contributed by atoms with van der Waals surface area (Å²) in [6.45, 7) is -0.314. The molecule has 0 radical (unpaired) electrons. The maximum Gasteiger partial charge on any atom is 0.186 e. The van der Waals surface area contributed by atoms with E-state index < -0.39 is 30.7 Å². The van der Waals surface area contributed by atoms with E-state index in [1.54, 1.807) is 0 Å². The number of ether oxygens (including phenoxy) is 6. The molecule has 1 heterocycles. The van der Waals surface area contributed by atoms with E-state index in [1.807, 2.05) is 0 Å². The highest BCUT2D eigenvalue weighted by Gasteiger charge is 2.48. The van der Waals surface area contributed by atoms with E-state index in [4.69, 9.17) is 48.8 Å². The Bertz CT molecular complexity index is 319. The topological polar surface area (TPSA) is 136 Å². The van der Waals surface area contributed by atoms with Gasteiger partial charge < -0.3 is 48.8 Å². The van der Waals surface area contributed by atoms with E-state index in [2.05, 4.69) is 0 Å². The molecule has 1 aliphatic heterocycles. The van der Waals surface area contributed by atoms with Crippen molar-refractivity contribution in [2.45, 2.75) is 30.7 Å². The lowest BCUT2D eigenvalue weighted by Gasteiger charge is -2.45. The normalized spacial score (nSPS) is 29.9. The summed E-state index contributed by atoms with van der Waals surface area (Å²) in [5, 5.41) is 36.0. The Labute approximate surface area is 147 Å². The molecule has 4 N–H and O–H groups in total. The van der Waals surface area contributed by atoms with Crippen molar-refractivity contribution >= 4 is 0 Å². The van der Waals surface area contributed by atoms with E-state index in [9.17, 15) is 0 Å². The predicted octanol–water partition coefficient (Wildman–Crippen LogP) is -2.50. The molecule has 0 bridgehead atoms. The van der Waals surface area contributed by atoms with Gasteiger partial charge in [-0.3, -0.25) is 0 Å². The molecule has 0 unspecified atom stereocenters. The highest BCUT2D eigenvalue weighted by Crippen LogP contribution is 2.29. The van der Waals surface area contributed by atoms with Crippen molar-refractivity contribution in [3.05, 3.63) is 0 Å². The highest BCUT2D eigenvalue weighted by atomic mass is 16.7. The predicted molar refractivity (Wildman–Crippen MR) is 84.1 cm³/mol. The number of rotatable bonds is 14. The highest BCUT2D eigenvalue weighted by molar-refractivity contribution is 4.93. The molecule has 1 fully saturated rings. The molecule has 0 aromatic heterocycles. The Kier molecular flexibility index (Phi) is 12.5. The smallest absolute Gasteiger partial charge is 0.186 e. The van der Waals surface area contributed by atoms with E-state index >= 15 is 0 Å². The van der Waals surface area contributed by atoms with Crippen molar-refractivity contribution in [3.8, 4) is 0 Å². The van der Waals surface area contributed by atoms with Crippen molar-refractivity contribution in [2.24, 2.45) is 0 Å². The maximum absolute atomic E-state index is 9.08. The number of aliphatic hydroxyl groups excluding tert-OH is 4. The summed E-state index contributed by atoms with van der Waals surface area (Å²) in [6.07, 6.45) is -3.44. The lowest BCUT2D eigenvalue weighted by atomic mass is 9.98. The largest absolute Gasteiger partial charge is 0.394 e. The lowest BCUT2D eigenvalue weighted by Crippen LogP contribution is -2.62. The molecule has 1 saturated heterocycles. The fourth-order valence-corrected chi connectivity index (χ4v) is 2.60. The number of hydrogen-bond acceptors (Lipinski definition) is 10. The first-order chi connectivity index (χ1) is 12.2. The zero-order valence-corrected chi connectivity index (χ0v) is 14.5. The van der Waals surface area contributed by atoms with Crippen molar-refractivity contribution in [2.75, 3.05) is 66.6 Å². The molecule has 0 aliphatic carbocycles. The van der Waals surface area contributed by atoms with Crippen LogP contribution in [0.25, 0.3) is 0 Å². The van der Waals surface area contributed by atoms with Crippen LogP contribution in [-0.4, -0.2) is 118 Å². The minimum absolute atomic E-state index is 0.0449. The second-order valence-electron chi connectivity index (χ2n) is 5.25. The molecule has 0 amide bonds. The Morgan fingerprint density at radius 1 is 0.720 bits per heavy atom. The van der Waals surface area contributed by atoms with Crippen LogP contribution in [0.3, 0.4) is 0 Å². The van der Waals surface area contributed by atoms with Crippen LogP contribution in [0.4, 0.5) is 0 Å². The molecule has 150 valence electrons. The van der Waals surface area contributed by atoms with Crippen LogP contribution in [0.5, 0.6) is 0 Å². The van der Waals surface area contributed by atoms with Gasteiger partial charge in [-0.2, -0.15) is 0 Å². The number of methoxy groups -OCH3 is 1. The molecule has 0 spiro atoms. The van der Waals surface area contributed by atoms with Gasteiger partial charge in [-0.05, 0) is 0 Å². The average molecular weight is 370 g/mol. The first-order valence-electron chi connectivity index (χ1n) is 8.27. The second kappa shape index (κ2) is 13.8. The molecular weight excluding hydrogens is 340 g/mol. The van der Waals surface area contributed by atoms with Gasteiger partial charge in [0.1, 0.15) is 24.4 Å². The van der Waals surface area contributed by atoms with Gasteiger partial charge in [-0.15, -0.1) is 0 Å². The van der Waals surface area contributed by atoms with Gasteiger partial charge in [0, 0.05) is 7.11 Å². The van der Waals surface area contributed by atoms with Crippen molar-refractivity contribution < 1.29 is 48.8 Å². The van der Waals surface area contributed by atoms with Crippen molar-refractivity contribution in [1.82, 2.24) is 0 Å². The third kappa shape index (κ3) is 7.39. The molecule has 0 aromatic rings. The fraction of sp³-hybridized carbons (Fsp3) is 1.00. The Morgan fingerprint density at radius 2 is 1.24 bits per heavy atom. The quantitative estimate of drug-likeness (QED) is 0.243. The second-order valence-corrected chi connectivity index (χ2v) is 5.25. The van der Waals surface area contributed by atoms with Crippen LogP contribution in [0, 0.1) is 0 Å². The molecule has 1 aliphatic rings. The minimum Gasteiger partial charge on any atom is -0.394 e. The molecular formula is C15H30O10. The minimum atomic E-state index is -0.799. The summed E-state index contributed by atoms with van der Waals surface area (Å²) in [6, 6.07) is 0. The molecule has 10 nitrogen and oxygen atoms in total. The maximum atomic E-state index is 9.08. The zero-order valence-electron chi connectivity index (χ0n) is 14.5. The third-order valence-corrected chi connectivity index (χ3v) is 3.55. The van der Waals surface area contributed by atoms with Crippen LogP contribution in [-0.2, 0) is 28.4 Å². The Morgan fingerprint density at radius 3 is 1.76 bits per heavy atom. The molecule has 10 heteroatoms. The fourth-order valence-electron chi connectivity index (χ4n) is 2.60. The first kappa shape index (κ1) is 22.6. The van der Waals surface area contributed by atoms with Crippen LogP contribution in [0.1, 0.15) is 0 Å². The molecule has 5 atom stereocenters. The monoisotopic (exact) mass is 370 g/mol. The lowest BCUT2D eigenvalue weighted by molar-refractivity contribution is -0.319.